The minimum absolute atomic E-state index is 0.112. The number of nitrogens with zero attached hydrogens (tertiary/aromatic N) is 1. The summed E-state index contributed by atoms with van der Waals surface area (Å²) in [4.78, 5) is 28.4. The van der Waals surface area contributed by atoms with Gasteiger partial charge in [-0.2, -0.15) is 0 Å². The van der Waals surface area contributed by atoms with Crippen LogP contribution in [0.1, 0.15) is 25.7 Å². The highest BCUT2D eigenvalue weighted by atomic mass is 32.1. The maximum Gasteiger partial charge on any atom is 0.573 e. The molecule has 2 aromatic rings. The van der Waals surface area contributed by atoms with E-state index >= 15 is 0 Å². The highest BCUT2D eigenvalue weighted by Crippen LogP contribution is 2.36. The van der Waals surface area contributed by atoms with Crippen LogP contribution in [0.2, 0.25) is 0 Å². The van der Waals surface area contributed by atoms with Crippen LogP contribution < -0.4 is 20.7 Å². The Bertz CT molecular complexity index is 880. The number of benzene rings is 1. The molecule has 0 atom stereocenters. The van der Waals surface area contributed by atoms with Crippen LogP contribution in [0.25, 0.3) is 10.2 Å². The molecular formula is C17H19F3N4O3S. The van der Waals surface area contributed by atoms with Crippen molar-refractivity contribution in [3.05, 3.63) is 18.2 Å². The van der Waals surface area contributed by atoms with Crippen LogP contribution in [0.3, 0.4) is 0 Å². The summed E-state index contributed by atoms with van der Waals surface area (Å²) in [7, 11) is 1.66. The predicted molar refractivity (Wildman–Crippen MR) is 98.2 cm³/mol. The number of carbonyl (C=O) groups is 2. The largest absolute Gasteiger partial charge is 0.573 e. The molecule has 1 heterocycles. The minimum atomic E-state index is -4.77. The zero-order valence-electron chi connectivity index (χ0n) is 15.0. The molecule has 7 nitrogen and oxygen atoms in total. The summed E-state index contributed by atoms with van der Waals surface area (Å²) in [5, 5.41) is 8.61. The Morgan fingerprint density at radius 3 is 2.64 bits per heavy atom. The third-order valence-corrected chi connectivity index (χ3v) is 5.32. The average molecular weight is 416 g/mol. The van der Waals surface area contributed by atoms with Crippen LogP contribution in [0.5, 0.6) is 5.75 Å². The number of rotatable bonds is 7. The Hall–Kier alpha value is -2.40. The molecule has 3 rings (SSSR count). The van der Waals surface area contributed by atoms with Gasteiger partial charge in [-0.25, -0.2) is 4.98 Å². The van der Waals surface area contributed by atoms with Crippen molar-refractivity contribution in [2.45, 2.75) is 37.6 Å². The van der Waals surface area contributed by atoms with Gasteiger partial charge >= 0.3 is 6.36 Å². The lowest BCUT2D eigenvalue weighted by Gasteiger charge is -2.42. The van der Waals surface area contributed by atoms with Crippen LogP contribution in [0.4, 0.5) is 18.3 Å². The van der Waals surface area contributed by atoms with E-state index in [-0.39, 0.29) is 35.7 Å². The van der Waals surface area contributed by atoms with Crippen LogP contribution >= 0.6 is 11.3 Å². The predicted octanol–water partition coefficient (Wildman–Crippen LogP) is 2.78. The second-order valence-electron chi connectivity index (χ2n) is 6.63. The number of fused-ring (bicyclic) bond motifs is 1. The highest BCUT2D eigenvalue weighted by Gasteiger charge is 2.40. The standard InChI is InChI=1S/C17H19F3N4O3S/c1-21-9-14(26)24-16(5-2-6-16)8-13(25)23-15-22-11-4-3-10(7-12(11)28-15)27-17(18,19)20/h3-4,7,21H,2,5-6,8-9H2,1H3,(H,24,26)(H,22,23,25). The fourth-order valence-electron chi connectivity index (χ4n) is 3.08. The Labute approximate surface area is 162 Å². The molecule has 0 aliphatic heterocycles. The average Bonchev–Trinajstić information content (AvgIpc) is 2.92. The number of anilines is 1. The smallest absolute Gasteiger partial charge is 0.406 e. The number of thiazole rings is 1. The number of carbonyl (C=O) groups excluding carboxylic acids is 2. The van der Waals surface area contributed by atoms with Crippen molar-refractivity contribution in [3.8, 4) is 5.75 Å². The first kappa shape index (κ1) is 20.3. The monoisotopic (exact) mass is 416 g/mol. The Morgan fingerprint density at radius 2 is 2.04 bits per heavy atom. The molecule has 28 heavy (non-hydrogen) atoms. The van der Waals surface area contributed by atoms with Gasteiger partial charge in [-0.1, -0.05) is 11.3 Å². The number of nitrogens with one attached hydrogen (secondary N) is 3. The van der Waals surface area contributed by atoms with E-state index in [1.165, 1.54) is 18.2 Å². The van der Waals surface area contributed by atoms with Gasteiger partial charge in [-0.3, -0.25) is 9.59 Å². The summed E-state index contributed by atoms with van der Waals surface area (Å²) in [6.07, 6.45) is -2.30. The number of ether oxygens (including phenoxy) is 1. The first-order valence-electron chi connectivity index (χ1n) is 8.60. The van der Waals surface area contributed by atoms with Crippen molar-refractivity contribution < 1.29 is 27.5 Å². The van der Waals surface area contributed by atoms with E-state index in [2.05, 4.69) is 25.7 Å². The Kier molecular flexibility index (Phi) is 5.75. The SMILES string of the molecule is CNCC(=O)NC1(CC(=O)Nc2nc3ccc(OC(F)(F)F)cc3s2)CCC1. The maximum atomic E-state index is 12.4. The lowest BCUT2D eigenvalue weighted by Crippen LogP contribution is -2.56. The molecule has 1 aromatic carbocycles. The molecule has 1 aliphatic rings. The fraction of sp³-hybridized carbons (Fsp3) is 0.471. The number of aromatic nitrogens is 1. The van der Waals surface area contributed by atoms with Crippen LogP contribution in [0.15, 0.2) is 18.2 Å². The molecule has 152 valence electrons. The molecule has 1 aliphatic carbocycles. The molecule has 0 unspecified atom stereocenters. The molecule has 0 saturated heterocycles. The second-order valence-corrected chi connectivity index (χ2v) is 7.66. The summed E-state index contributed by atoms with van der Waals surface area (Å²) in [6, 6.07) is 3.79. The number of alkyl halides is 3. The van der Waals surface area contributed by atoms with Gasteiger partial charge in [-0.05, 0) is 38.4 Å². The van der Waals surface area contributed by atoms with Gasteiger partial charge in [0.25, 0.3) is 0 Å². The summed E-state index contributed by atoms with van der Waals surface area (Å²) >= 11 is 1.05. The van der Waals surface area contributed by atoms with Crippen molar-refractivity contribution in [2.75, 3.05) is 18.9 Å². The van der Waals surface area contributed by atoms with E-state index in [4.69, 9.17) is 0 Å². The van der Waals surface area contributed by atoms with Crippen molar-refractivity contribution in [1.29, 1.82) is 0 Å². The number of halogens is 3. The lowest BCUT2D eigenvalue weighted by atomic mass is 9.74. The zero-order chi connectivity index (χ0) is 20.4. The second kappa shape index (κ2) is 7.92. The van der Waals surface area contributed by atoms with Crippen LogP contribution in [-0.2, 0) is 9.59 Å². The quantitative estimate of drug-likeness (QED) is 0.646. The van der Waals surface area contributed by atoms with E-state index in [9.17, 15) is 22.8 Å². The number of hydrogen-bond acceptors (Lipinski definition) is 6. The molecule has 0 spiro atoms. The van der Waals surface area contributed by atoms with Gasteiger partial charge < -0.3 is 20.7 Å². The zero-order valence-corrected chi connectivity index (χ0v) is 15.8. The topological polar surface area (TPSA) is 92.4 Å². The van der Waals surface area contributed by atoms with Crippen molar-refractivity contribution >= 4 is 38.5 Å². The summed E-state index contributed by atoms with van der Waals surface area (Å²) in [5.74, 6) is -0.829. The van der Waals surface area contributed by atoms with Crippen LogP contribution in [-0.4, -0.2) is 42.3 Å². The highest BCUT2D eigenvalue weighted by molar-refractivity contribution is 7.22. The molecule has 0 bridgehead atoms. The normalized spacial score (nSPS) is 15.7. The van der Waals surface area contributed by atoms with Gasteiger partial charge in [0.05, 0.1) is 23.2 Å². The number of hydrogen-bond donors (Lipinski definition) is 3. The molecule has 2 amide bonds. The van der Waals surface area contributed by atoms with Crippen molar-refractivity contribution in [3.63, 3.8) is 0 Å². The van der Waals surface area contributed by atoms with Gasteiger partial charge in [0, 0.05) is 11.6 Å². The number of likely N-dealkylation sites (N-methyl/N-ethyl adjacent to an activating group) is 1. The molecule has 3 N–H and O–H groups in total. The molecule has 0 radical (unpaired) electrons. The van der Waals surface area contributed by atoms with E-state index in [0.29, 0.717) is 23.1 Å². The fourth-order valence-corrected chi connectivity index (χ4v) is 3.99. The molecular weight excluding hydrogens is 397 g/mol. The lowest BCUT2D eigenvalue weighted by molar-refractivity contribution is -0.274. The van der Waals surface area contributed by atoms with Gasteiger partial charge in [-0.15, -0.1) is 13.2 Å². The third-order valence-electron chi connectivity index (χ3n) is 4.39. The Morgan fingerprint density at radius 1 is 1.29 bits per heavy atom. The Balaban J connectivity index is 1.65. The van der Waals surface area contributed by atoms with Gasteiger partial charge in [0.15, 0.2) is 5.13 Å². The van der Waals surface area contributed by atoms with E-state index < -0.39 is 11.9 Å². The van der Waals surface area contributed by atoms with Crippen LogP contribution in [0, 0.1) is 0 Å². The summed E-state index contributed by atoms with van der Waals surface area (Å²) < 4.78 is 41.3. The van der Waals surface area contributed by atoms with Gasteiger partial charge in [0.1, 0.15) is 5.75 Å². The summed E-state index contributed by atoms with van der Waals surface area (Å²) in [6.45, 7) is 0.170. The molecule has 1 fully saturated rings. The van der Waals surface area contributed by atoms with E-state index in [0.717, 1.165) is 17.8 Å². The first-order chi connectivity index (χ1) is 13.2. The van der Waals surface area contributed by atoms with Crippen molar-refractivity contribution in [2.24, 2.45) is 0 Å². The maximum absolute atomic E-state index is 12.4. The first-order valence-corrected chi connectivity index (χ1v) is 9.41. The number of amides is 2. The summed E-state index contributed by atoms with van der Waals surface area (Å²) in [5.41, 5.74) is -0.0990. The minimum Gasteiger partial charge on any atom is -0.406 e. The molecule has 11 heteroatoms. The third kappa shape index (κ3) is 5.10. The molecule has 1 saturated carbocycles. The van der Waals surface area contributed by atoms with Gasteiger partial charge in [0.2, 0.25) is 11.8 Å². The molecule has 1 aromatic heterocycles. The van der Waals surface area contributed by atoms with E-state index in [1.807, 2.05) is 0 Å². The van der Waals surface area contributed by atoms with Crippen molar-refractivity contribution in [1.82, 2.24) is 15.6 Å². The van der Waals surface area contributed by atoms with E-state index in [1.54, 1.807) is 7.05 Å².